The summed E-state index contributed by atoms with van der Waals surface area (Å²) in [5.74, 6) is -0.947. The van der Waals surface area contributed by atoms with Gasteiger partial charge in [0.15, 0.2) is 0 Å². The van der Waals surface area contributed by atoms with Gasteiger partial charge in [-0.25, -0.2) is 0 Å². The molecule has 0 saturated carbocycles. The zero-order valence-electron chi connectivity index (χ0n) is 14.6. The van der Waals surface area contributed by atoms with E-state index in [2.05, 4.69) is 28.2 Å². The Labute approximate surface area is 142 Å². The minimum atomic E-state index is -0.866. The summed E-state index contributed by atoms with van der Waals surface area (Å²) in [6.07, 6.45) is 4.06. The molecule has 2 aromatic rings. The number of amides is 1. The maximum atomic E-state index is 12.1. The number of benzene rings is 1. The molecule has 0 aliphatic carbocycles. The Morgan fingerprint density at radius 1 is 1.21 bits per heavy atom. The second-order valence-corrected chi connectivity index (χ2v) is 6.35. The standard InChI is InChI=1S/C19H26N2O3/c1-4-19(5-2,18(23)24)13-20-17(22)11-10-14-12-21(3)16-9-7-6-8-15(14)16/h6-9,12H,4-5,10-11,13H2,1-3H3,(H,20,22)(H,23,24). The number of hydrogen-bond acceptors (Lipinski definition) is 2. The van der Waals surface area contributed by atoms with Crippen LogP contribution in [0.3, 0.4) is 0 Å². The molecule has 0 fully saturated rings. The lowest BCUT2D eigenvalue weighted by Crippen LogP contribution is -2.42. The first-order valence-corrected chi connectivity index (χ1v) is 8.46. The van der Waals surface area contributed by atoms with Gasteiger partial charge in [-0.05, 0) is 30.9 Å². The van der Waals surface area contributed by atoms with E-state index in [0.29, 0.717) is 25.7 Å². The van der Waals surface area contributed by atoms with Gasteiger partial charge in [-0.15, -0.1) is 0 Å². The second-order valence-electron chi connectivity index (χ2n) is 6.35. The summed E-state index contributed by atoms with van der Waals surface area (Å²) >= 11 is 0. The number of carboxylic acid groups (broad SMARTS) is 1. The molecule has 1 amide bonds. The first-order valence-electron chi connectivity index (χ1n) is 8.46. The summed E-state index contributed by atoms with van der Waals surface area (Å²) in [6, 6.07) is 8.12. The van der Waals surface area contributed by atoms with Gasteiger partial charge in [-0.2, -0.15) is 0 Å². The predicted octanol–water partition coefficient (Wildman–Crippen LogP) is 3.12. The van der Waals surface area contributed by atoms with Crippen LogP contribution in [0.2, 0.25) is 0 Å². The number of aliphatic carboxylic acids is 1. The third-order valence-electron chi connectivity index (χ3n) is 5.03. The molecule has 5 nitrogen and oxygen atoms in total. The highest BCUT2D eigenvalue weighted by atomic mass is 16.4. The van der Waals surface area contributed by atoms with Crippen molar-refractivity contribution in [2.75, 3.05) is 6.54 Å². The summed E-state index contributed by atoms with van der Waals surface area (Å²) in [4.78, 5) is 23.6. The van der Waals surface area contributed by atoms with E-state index < -0.39 is 11.4 Å². The number of nitrogens with one attached hydrogen (secondary N) is 1. The summed E-state index contributed by atoms with van der Waals surface area (Å²) in [6.45, 7) is 3.88. The first kappa shape index (κ1) is 18.0. The van der Waals surface area contributed by atoms with Crippen molar-refractivity contribution in [3.05, 3.63) is 36.0 Å². The highest BCUT2D eigenvalue weighted by Crippen LogP contribution is 2.26. The summed E-state index contributed by atoms with van der Waals surface area (Å²) < 4.78 is 2.06. The number of carbonyl (C=O) groups is 2. The number of carbonyl (C=O) groups excluding carboxylic acids is 1. The number of aromatic nitrogens is 1. The van der Waals surface area contributed by atoms with Crippen molar-refractivity contribution in [2.24, 2.45) is 12.5 Å². The highest BCUT2D eigenvalue weighted by molar-refractivity contribution is 5.85. The molecule has 0 saturated heterocycles. The van der Waals surface area contributed by atoms with E-state index in [1.165, 1.54) is 0 Å². The molecule has 1 heterocycles. The lowest BCUT2D eigenvalue weighted by atomic mass is 9.82. The van der Waals surface area contributed by atoms with Gasteiger partial charge < -0.3 is 15.0 Å². The fourth-order valence-electron chi connectivity index (χ4n) is 3.11. The topological polar surface area (TPSA) is 71.3 Å². The van der Waals surface area contributed by atoms with E-state index in [1.807, 2.05) is 33.0 Å². The van der Waals surface area contributed by atoms with Crippen molar-refractivity contribution >= 4 is 22.8 Å². The Morgan fingerprint density at radius 2 is 1.88 bits per heavy atom. The van der Waals surface area contributed by atoms with Crippen molar-refractivity contribution in [1.29, 1.82) is 0 Å². The quantitative estimate of drug-likeness (QED) is 0.781. The Kier molecular flexibility index (Phi) is 5.65. The molecular formula is C19H26N2O3. The van der Waals surface area contributed by atoms with Crippen LogP contribution in [0.25, 0.3) is 10.9 Å². The van der Waals surface area contributed by atoms with Gasteiger partial charge in [-0.3, -0.25) is 9.59 Å². The van der Waals surface area contributed by atoms with Crippen LogP contribution in [0.1, 0.15) is 38.7 Å². The molecule has 0 spiro atoms. The molecule has 1 aromatic carbocycles. The Morgan fingerprint density at radius 3 is 2.50 bits per heavy atom. The van der Waals surface area contributed by atoms with E-state index in [4.69, 9.17) is 0 Å². The minimum absolute atomic E-state index is 0.101. The summed E-state index contributed by atoms with van der Waals surface area (Å²) in [7, 11) is 2.00. The molecule has 130 valence electrons. The molecular weight excluding hydrogens is 304 g/mol. The van der Waals surface area contributed by atoms with Crippen LogP contribution in [0.5, 0.6) is 0 Å². The van der Waals surface area contributed by atoms with Gasteiger partial charge in [0, 0.05) is 37.1 Å². The number of rotatable bonds is 8. The number of aryl methyl sites for hydroxylation is 2. The first-order chi connectivity index (χ1) is 11.4. The molecule has 0 atom stereocenters. The largest absolute Gasteiger partial charge is 0.481 e. The van der Waals surface area contributed by atoms with E-state index in [-0.39, 0.29) is 12.5 Å². The van der Waals surface area contributed by atoms with Gasteiger partial charge in [0.2, 0.25) is 5.91 Å². The van der Waals surface area contributed by atoms with E-state index in [9.17, 15) is 14.7 Å². The van der Waals surface area contributed by atoms with Crippen LogP contribution in [0, 0.1) is 5.41 Å². The Bertz CT molecular complexity index is 729. The van der Waals surface area contributed by atoms with Crippen molar-refractivity contribution in [3.8, 4) is 0 Å². The van der Waals surface area contributed by atoms with E-state index in [0.717, 1.165) is 16.5 Å². The third-order valence-corrected chi connectivity index (χ3v) is 5.03. The smallest absolute Gasteiger partial charge is 0.311 e. The van der Waals surface area contributed by atoms with Crippen LogP contribution in [0.15, 0.2) is 30.5 Å². The van der Waals surface area contributed by atoms with Gasteiger partial charge in [-0.1, -0.05) is 32.0 Å². The molecule has 0 aliphatic rings. The van der Waals surface area contributed by atoms with Crippen LogP contribution >= 0.6 is 0 Å². The molecule has 24 heavy (non-hydrogen) atoms. The molecule has 2 N–H and O–H groups in total. The van der Waals surface area contributed by atoms with Crippen molar-refractivity contribution < 1.29 is 14.7 Å². The maximum absolute atomic E-state index is 12.1. The summed E-state index contributed by atoms with van der Waals surface area (Å²) in [5.41, 5.74) is 1.42. The molecule has 2 rings (SSSR count). The van der Waals surface area contributed by atoms with Gasteiger partial charge >= 0.3 is 5.97 Å². The number of fused-ring (bicyclic) bond motifs is 1. The number of para-hydroxylation sites is 1. The Hall–Kier alpha value is -2.30. The Balaban J connectivity index is 1.97. The van der Waals surface area contributed by atoms with E-state index in [1.54, 1.807) is 0 Å². The molecule has 0 radical (unpaired) electrons. The number of hydrogen-bond donors (Lipinski definition) is 2. The average Bonchev–Trinajstić information content (AvgIpc) is 2.91. The lowest BCUT2D eigenvalue weighted by Gasteiger charge is -2.26. The predicted molar refractivity (Wildman–Crippen MR) is 94.9 cm³/mol. The molecule has 1 aromatic heterocycles. The van der Waals surface area contributed by atoms with Crippen molar-refractivity contribution in [2.45, 2.75) is 39.5 Å². The molecule has 5 heteroatoms. The maximum Gasteiger partial charge on any atom is 0.311 e. The van der Waals surface area contributed by atoms with Crippen LogP contribution in [-0.4, -0.2) is 28.1 Å². The highest BCUT2D eigenvalue weighted by Gasteiger charge is 2.35. The summed E-state index contributed by atoms with van der Waals surface area (Å²) in [5, 5.41) is 13.4. The average molecular weight is 330 g/mol. The van der Waals surface area contributed by atoms with Gasteiger partial charge in [0.1, 0.15) is 0 Å². The molecule has 0 unspecified atom stereocenters. The van der Waals surface area contributed by atoms with Crippen molar-refractivity contribution in [1.82, 2.24) is 9.88 Å². The lowest BCUT2D eigenvalue weighted by molar-refractivity contribution is -0.149. The van der Waals surface area contributed by atoms with E-state index >= 15 is 0 Å². The second kappa shape index (κ2) is 7.51. The van der Waals surface area contributed by atoms with Gasteiger partial charge in [0.25, 0.3) is 0 Å². The zero-order valence-corrected chi connectivity index (χ0v) is 14.6. The normalized spacial score (nSPS) is 11.6. The zero-order chi connectivity index (χ0) is 17.7. The van der Waals surface area contributed by atoms with Crippen molar-refractivity contribution in [3.63, 3.8) is 0 Å². The minimum Gasteiger partial charge on any atom is -0.481 e. The fourth-order valence-corrected chi connectivity index (χ4v) is 3.11. The monoisotopic (exact) mass is 330 g/mol. The van der Waals surface area contributed by atoms with Crippen LogP contribution < -0.4 is 5.32 Å². The number of nitrogens with zero attached hydrogens (tertiary/aromatic N) is 1. The number of carboxylic acids is 1. The fraction of sp³-hybridized carbons (Fsp3) is 0.474. The third kappa shape index (κ3) is 3.61. The molecule has 0 aliphatic heterocycles. The SMILES string of the molecule is CCC(CC)(CNC(=O)CCc1cn(C)c2ccccc12)C(=O)O. The van der Waals surface area contributed by atoms with Crippen LogP contribution in [-0.2, 0) is 23.1 Å². The van der Waals surface area contributed by atoms with Crippen LogP contribution in [0.4, 0.5) is 0 Å². The van der Waals surface area contributed by atoms with Gasteiger partial charge in [0.05, 0.1) is 5.41 Å². The molecule has 0 bridgehead atoms.